The third kappa shape index (κ3) is 20.3. The van der Waals surface area contributed by atoms with Gasteiger partial charge in [-0.25, -0.2) is 0 Å². The van der Waals surface area contributed by atoms with Crippen LogP contribution in [-0.4, -0.2) is 41.9 Å². The van der Waals surface area contributed by atoms with E-state index in [1.165, 1.54) is 26.4 Å². The van der Waals surface area contributed by atoms with E-state index in [1.807, 2.05) is 0 Å². The van der Waals surface area contributed by atoms with E-state index in [1.54, 1.807) is 0 Å². The normalized spacial score (nSPS) is 15.2. The standard InChI is InChI=1S/C28H52O4Si2/c1-10-11-12-13-14-15-19-22-26(31-33(4,5)6)24-27(32-34(7,8)9)25(2)21-18-16-17-20-23-28(29)30-3/h14-15,19,22,25-27H,10-13,17,20-21,23-24H2,1-9H3/b15-14-,22-19+/t25?,26-,27-/m0/s1. The molecular weight excluding hydrogens is 456 g/mol. The van der Waals surface area contributed by atoms with Crippen molar-refractivity contribution in [1.82, 2.24) is 0 Å². The van der Waals surface area contributed by atoms with Crippen molar-refractivity contribution in [3.63, 3.8) is 0 Å². The fraction of sp³-hybridized carbons (Fsp3) is 0.750. The lowest BCUT2D eigenvalue weighted by atomic mass is 9.96. The van der Waals surface area contributed by atoms with Crippen LogP contribution in [-0.2, 0) is 18.4 Å². The molecule has 0 N–H and O–H groups in total. The number of methoxy groups -OCH3 is 1. The van der Waals surface area contributed by atoms with Crippen molar-refractivity contribution in [2.24, 2.45) is 5.92 Å². The molecule has 0 fully saturated rings. The summed E-state index contributed by atoms with van der Waals surface area (Å²) >= 11 is 0. The van der Waals surface area contributed by atoms with Crippen molar-refractivity contribution in [2.45, 2.75) is 123 Å². The van der Waals surface area contributed by atoms with Crippen LogP contribution in [0.25, 0.3) is 0 Å². The number of unbranched alkanes of at least 4 members (excludes halogenated alkanes) is 4. The van der Waals surface area contributed by atoms with Crippen LogP contribution in [0.4, 0.5) is 0 Å². The summed E-state index contributed by atoms with van der Waals surface area (Å²) in [5.41, 5.74) is 0. The average Bonchev–Trinajstić information content (AvgIpc) is 2.72. The average molecular weight is 509 g/mol. The molecule has 0 aliphatic heterocycles. The molecule has 0 saturated carbocycles. The molecule has 0 heterocycles. The van der Waals surface area contributed by atoms with Gasteiger partial charge in [-0.1, -0.05) is 51.0 Å². The van der Waals surface area contributed by atoms with Gasteiger partial charge < -0.3 is 13.6 Å². The smallest absolute Gasteiger partial charge is 0.305 e. The SMILES string of the molecule is CCCCC/C=C\C=C\[C@@H](C[C@H](O[Si](C)(C)C)C(C)CC#CCCCC(=O)OC)O[Si](C)(C)C. The number of hydrogen-bond donors (Lipinski definition) is 0. The molecule has 0 aliphatic carbocycles. The molecule has 0 radical (unpaired) electrons. The van der Waals surface area contributed by atoms with Crippen molar-refractivity contribution in [3.05, 3.63) is 24.3 Å². The molecule has 0 spiro atoms. The fourth-order valence-corrected chi connectivity index (χ4v) is 5.77. The van der Waals surface area contributed by atoms with Crippen molar-refractivity contribution in [3.8, 4) is 11.8 Å². The van der Waals surface area contributed by atoms with E-state index in [2.05, 4.69) is 94.0 Å². The lowest BCUT2D eigenvalue weighted by molar-refractivity contribution is -0.140. The van der Waals surface area contributed by atoms with E-state index in [-0.39, 0.29) is 18.2 Å². The van der Waals surface area contributed by atoms with Gasteiger partial charge in [0.15, 0.2) is 16.6 Å². The molecule has 0 bridgehead atoms. The zero-order valence-electron chi connectivity index (χ0n) is 23.5. The number of carbonyl (C=O) groups is 1. The zero-order valence-corrected chi connectivity index (χ0v) is 25.5. The van der Waals surface area contributed by atoms with E-state index >= 15 is 0 Å². The second-order valence-corrected chi connectivity index (χ2v) is 20.0. The summed E-state index contributed by atoms with van der Waals surface area (Å²) < 4.78 is 17.9. The van der Waals surface area contributed by atoms with Crippen molar-refractivity contribution >= 4 is 22.6 Å². The summed E-state index contributed by atoms with van der Waals surface area (Å²) in [7, 11) is -2.01. The third-order valence-electron chi connectivity index (χ3n) is 5.12. The largest absolute Gasteiger partial charge is 0.469 e. The Labute approximate surface area is 213 Å². The van der Waals surface area contributed by atoms with Crippen LogP contribution in [0.5, 0.6) is 0 Å². The Hall–Kier alpha value is -1.14. The number of esters is 1. The van der Waals surface area contributed by atoms with Gasteiger partial charge in [0.05, 0.1) is 19.3 Å². The molecule has 0 saturated heterocycles. The van der Waals surface area contributed by atoms with E-state index in [9.17, 15) is 4.79 Å². The summed E-state index contributed by atoms with van der Waals surface area (Å²) in [6, 6.07) is 0. The Kier molecular flexibility index (Phi) is 17.6. The Balaban J connectivity index is 5.16. The maximum absolute atomic E-state index is 11.2. The van der Waals surface area contributed by atoms with Gasteiger partial charge in [-0.3, -0.25) is 4.79 Å². The van der Waals surface area contributed by atoms with Crippen molar-refractivity contribution in [2.75, 3.05) is 7.11 Å². The molecular formula is C28H52O4Si2. The Morgan fingerprint density at radius 2 is 1.62 bits per heavy atom. The molecule has 1 unspecified atom stereocenters. The highest BCUT2D eigenvalue weighted by molar-refractivity contribution is 6.70. The molecule has 4 nitrogen and oxygen atoms in total. The van der Waals surface area contributed by atoms with Gasteiger partial charge in [0.25, 0.3) is 0 Å². The minimum atomic E-state index is -1.72. The predicted octanol–water partition coefficient (Wildman–Crippen LogP) is 7.88. The quantitative estimate of drug-likeness (QED) is 0.0659. The first-order chi connectivity index (χ1) is 15.9. The van der Waals surface area contributed by atoms with Gasteiger partial charge in [-0.15, -0.1) is 11.8 Å². The molecule has 0 aromatic rings. The molecule has 0 aromatic heterocycles. The molecule has 0 rings (SSSR count). The predicted molar refractivity (Wildman–Crippen MR) is 151 cm³/mol. The molecule has 0 amide bonds. The first-order valence-corrected chi connectivity index (χ1v) is 19.9. The molecule has 0 aliphatic rings. The van der Waals surface area contributed by atoms with Gasteiger partial charge in [0, 0.05) is 25.7 Å². The lowest BCUT2D eigenvalue weighted by Gasteiger charge is -2.34. The third-order valence-corrected chi connectivity index (χ3v) is 7.14. The first kappa shape index (κ1) is 32.9. The van der Waals surface area contributed by atoms with Gasteiger partial charge >= 0.3 is 5.97 Å². The van der Waals surface area contributed by atoms with Crippen molar-refractivity contribution in [1.29, 1.82) is 0 Å². The Bertz CT molecular complexity index is 663. The number of ether oxygens (including phenoxy) is 1. The van der Waals surface area contributed by atoms with Crippen molar-refractivity contribution < 1.29 is 18.4 Å². The molecule has 0 aromatic carbocycles. The van der Waals surface area contributed by atoms with E-state index in [0.717, 1.165) is 32.1 Å². The van der Waals surface area contributed by atoms with Crippen LogP contribution in [0.2, 0.25) is 39.3 Å². The maximum Gasteiger partial charge on any atom is 0.305 e. The first-order valence-electron chi connectivity index (χ1n) is 13.1. The van der Waals surface area contributed by atoms with Crippen LogP contribution >= 0.6 is 0 Å². The van der Waals surface area contributed by atoms with Crippen LogP contribution in [0.15, 0.2) is 24.3 Å². The van der Waals surface area contributed by atoms with Crippen LogP contribution in [0, 0.1) is 17.8 Å². The Morgan fingerprint density at radius 1 is 0.941 bits per heavy atom. The Morgan fingerprint density at radius 3 is 2.21 bits per heavy atom. The summed E-state index contributed by atoms with van der Waals surface area (Å²) in [5.74, 6) is 6.67. The number of hydrogen-bond acceptors (Lipinski definition) is 4. The highest BCUT2D eigenvalue weighted by Crippen LogP contribution is 2.24. The van der Waals surface area contributed by atoms with Gasteiger partial charge in [0.1, 0.15) is 0 Å². The van der Waals surface area contributed by atoms with Crippen LogP contribution < -0.4 is 0 Å². The van der Waals surface area contributed by atoms with Gasteiger partial charge in [-0.05, 0) is 64.5 Å². The minimum absolute atomic E-state index is 0.0452. The highest BCUT2D eigenvalue weighted by atomic mass is 28.4. The molecule has 6 heteroatoms. The molecule has 3 atom stereocenters. The minimum Gasteiger partial charge on any atom is -0.469 e. The number of rotatable bonds is 17. The monoisotopic (exact) mass is 508 g/mol. The van der Waals surface area contributed by atoms with E-state index in [4.69, 9.17) is 8.85 Å². The summed E-state index contributed by atoms with van der Waals surface area (Å²) in [5, 5.41) is 0. The van der Waals surface area contributed by atoms with E-state index in [0.29, 0.717) is 12.3 Å². The maximum atomic E-state index is 11.2. The molecule has 34 heavy (non-hydrogen) atoms. The second-order valence-electron chi connectivity index (χ2n) is 11.0. The topological polar surface area (TPSA) is 44.8 Å². The summed E-state index contributed by atoms with van der Waals surface area (Å²) in [6.45, 7) is 17.9. The van der Waals surface area contributed by atoms with Gasteiger partial charge in [-0.2, -0.15) is 0 Å². The fourth-order valence-electron chi connectivity index (χ4n) is 3.45. The second kappa shape index (κ2) is 18.2. The lowest BCUT2D eigenvalue weighted by Crippen LogP contribution is -2.40. The van der Waals surface area contributed by atoms with Crippen LogP contribution in [0.1, 0.15) is 71.6 Å². The molecule has 196 valence electrons. The van der Waals surface area contributed by atoms with Gasteiger partial charge in [0.2, 0.25) is 0 Å². The number of allylic oxidation sites excluding steroid dienone is 3. The highest BCUT2D eigenvalue weighted by Gasteiger charge is 2.29. The zero-order chi connectivity index (χ0) is 26.0. The van der Waals surface area contributed by atoms with Crippen LogP contribution in [0.3, 0.4) is 0 Å². The van der Waals surface area contributed by atoms with E-state index < -0.39 is 16.6 Å². The number of carbonyl (C=O) groups excluding carboxylic acids is 1. The summed E-state index contributed by atoms with van der Waals surface area (Å²) in [4.78, 5) is 11.2. The summed E-state index contributed by atoms with van der Waals surface area (Å²) in [6.07, 6.45) is 17.4.